The van der Waals surface area contributed by atoms with Crippen molar-refractivity contribution in [3.63, 3.8) is 0 Å². The lowest BCUT2D eigenvalue weighted by Gasteiger charge is -2.18. The second-order valence-corrected chi connectivity index (χ2v) is 5.74. The number of hydrogen-bond donors (Lipinski definition) is 1. The van der Waals surface area contributed by atoms with E-state index in [0.29, 0.717) is 18.6 Å². The molecule has 2 aliphatic rings. The number of carbonyl (C=O) groups excluding carboxylic acids is 1. The third-order valence-electron chi connectivity index (χ3n) is 3.85. The van der Waals surface area contributed by atoms with Gasteiger partial charge < -0.3 is 5.32 Å². The zero-order valence-corrected chi connectivity index (χ0v) is 11.5. The third kappa shape index (κ3) is 3.37. The van der Waals surface area contributed by atoms with Crippen LogP contribution in [0.3, 0.4) is 0 Å². The smallest absolute Gasteiger partial charge is 0.251 e. The quantitative estimate of drug-likeness (QED) is 0.804. The van der Waals surface area contributed by atoms with Crippen molar-refractivity contribution in [2.75, 3.05) is 6.54 Å². The van der Waals surface area contributed by atoms with E-state index in [-0.39, 0.29) is 5.91 Å². The fourth-order valence-corrected chi connectivity index (χ4v) is 2.34. The number of nitriles is 1. The summed E-state index contributed by atoms with van der Waals surface area (Å²) in [5, 5.41) is 11.8. The SMILES string of the molecule is N#CCN(Cc1ccc(C(=O)NC2CC2)cc1)C1CC1. The van der Waals surface area contributed by atoms with Gasteiger partial charge in [0.25, 0.3) is 5.91 Å². The van der Waals surface area contributed by atoms with Crippen molar-refractivity contribution in [1.82, 2.24) is 10.2 Å². The molecule has 0 radical (unpaired) electrons. The van der Waals surface area contributed by atoms with Gasteiger partial charge >= 0.3 is 0 Å². The van der Waals surface area contributed by atoms with E-state index in [1.807, 2.05) is 24.3 Å². The highest BCUT2D eigenvalue weighted by molar-refractivity contribution is 5.94. The summed E-state index contributed by atoms with van der Waals surface area (Å²) in [4.78, 5) is 14.1. The summed E-state index contributed by atoms with van der Waals surface area (Å²) >= 11 is 0. The maximum Gasteiger partial charge on any atom is 0.251 e. The van der Waals surface area contributed by atoms with Crippen molar-refractivity contribution in [3.05, 3.63) is 35.4 Å². The molecule has 1 N–H and O–H groups in total. The molecule has 20 heavy (non-hydrogen) atoms. The fourth-order valence-electron chi connectivity index (χ4n) is 2.34. The average Bonchev–Trinajstić information content (AvgIpc) is 3.33. The van der Waals surface area contributed by atoms with Gasteiger partial charge in [-0.1, -0.05) is 12.1 Å². The zero-order chi connectivity index (χ0) is 13.9. The molecule has 2 saturated carbocycles. The highest BCUT2D eigenvalue weighted by atomic mass is 16.1. The van der Waals surface area contributed by atoms with Gasteiger partial charge in [-0.15, -0.1) is 0 Å². The first kappa shape index (κ1) is 13.1. The van der Waals surface area contributed by atoms with Crippen LogP contribution in [0.25, 0.3) is 0 Å². The minimum Gasteiger partial charge on any atom is -0.349 e. The highest BCUT2D eigenvalue weighted by Gasteiger charge is 2.28. The molecule has 3 rings (SSSR count). The summed E-state index contributed by atoms with van der Waals surface area (Å²) in [6, 6.07) is 10.9. The molecule has 0 bridgehead atoms. The second-order valence-electron chi connectivity index (χ2n) is 5.74. The van der Waals surface area contributed by atoms with Crippen LogP contribution in [0.1, 0.15) is 41.6 Å². The van der Waals surface area contributed by atoms with Gasteiger partial charge in [-0.3, -0.25) is 9.69 Å². The van der Waals surface area contributed by atoms with Gasteiger partial charge in [-0.25, -0.2) is 0 Å². The summed E-state index contributed by atoms with van der Waals surface area (Å²) in [7, 11) is 0. The Morgan fingerprint density at radius 2 is 1.95 bits per heavy atom. The van der Waals surface area contributed by atoms with Crippen molar-refractivity contribution in [2.45, 2.75) is 44.3 Å². The molecule has 0 heterocycles. The minimum atomic E-state index is 0.0233. The zero-order valence-electron chi connectivity index (χ0n) is 11.5. The van der Waals surface area contributed by atoms with Crippen LogP contribution in [0.2, 0.25) is 0 Å². The van der Waals surface area contributed by atoms with Crippen LogP contribution in [0.15, 0.2) is 24.3 Å². The van der Waals surface area contributed by atoms with Crippen molar-refractivity contribution in [3.8, 4) is 6.07 Å². The normalized spacial score (nSPS) is 17.8. The summed E-state index contributed by atoms with van der Waals surface area (Å²) in [5.74, 6) is 0.0233. The predicted molar refractivity (Wildman–Crippen MR) is 76.0 cm³/mol. The number of benzene rings is 1. The van der Waals surface area contributed by atoms with Crippen LogP contribution in [0.5, 0.6) is 0 Å². The molecule has 0 atom stereocenters. The van der Waals surface area contributed by atoms with E-state index < -0.39 is 0 Å². The third-order valence-corrected chi connectivity index (χ3v) is 3.85. The van der Waals surface area contributed by atoms with Crippen molar-refractivity contribution < 1.29 is 4.79 Å². The van der Waals surface area contributed by atoms with Crippen LogP contribution in [-0.2, 0) is 6.54 Å². The molecule has 0 aromatic heterocycles. The van der Waals surface area contributed by atoms with E-state index in [0.717, 1.165) is 30.5 Å². The van der Waals surface area contributed by atoms with E-state index in [1.165, 1.54) is 12.8 Å². The van der Waals surface area contributed by atoms with Gasteiger partial charge in [0, 0.05) is 24.2 Å². The van der Waals surface area contributed by atoms with Gasteiger partial charge in [0.15, 0.2) is 0 Å². The number of nitrogens with zero attached hydrogens (tertiary/aromatic N) is 2. The standard InChI is InChI=1S/C16H19N3O/c17-9-10-19(15-7-8-15)11-12-1-3-13(4-2-12)16(20)18-14-5-6-14/h1-4,14-15H,5-8,10-11H2,(H,18,20). The lowest BCUT2D eigenvalue weighted by Crippen LogP contribution is -2.26. The molecule has 0 unspecified atom stereocenters. The van der Waals surface area contributed by atoms with E-state index >= 15 is 0 Å². The molecular weight excluding hydrogens is 250 g/mol. The number of amides is 1. The van der Waals surface area contributed by atoms with Crippen LogP contribution < -0.4 is 5.32 Å². The van der Waals surface area contributed by atoms with Gasteiger partial charge in [0.05, 0.1) is 12.6 Å². The lowest BCUT2D eigenvalue weighted by molar-refractivity contribution is 0.0951. The van der Waals surface area contributed by atoms with E-state index in [4.69, 9.17) is 5.26 Å². The summed E-state index contributed by atoms with van der Waals surface area (Å²) in [5.41, 5.74) is 1.88. The number of rotatable bonds is 6. The fraction of sp³-hybridized carbons (Fsp3) is 0.500. The van der Waals surface area contributed by atoms with Crippen molar-refractivity contribution in [1.29, 1.82) is 5.26 Å². The van der Waals surface area contributed by atoms with Crippen LogP contribution in [0, 0.1) is 11.3 Å². The highest BCUT2D eigenvalue weighted by Crippen LogP contribution is 2.28. The molecule has 2 aliphatic carbocycles. The Labute approximate surface area is 119 Å². The van der Waals surface area contributed by atoms with Gasteiger partial charge in [0.1, 0.15) is 0 Å². The molecule has 1 aromatic carbocycles. The molecule has 2 fully saturated rings. The first-order chi connectivity index (χ1) is 9.76. The molecule has 4 heteroatoms. The Hall–Kier alpha value is -1.86. The van der Waals surface area contributed by atoms with Crippen molar-refractivity contribution in [2.24, 2.45) is 0 Å². The largest absolute Gasteiger partial charge is 0.349 e. The van der Waals surface area contributed by atoms with Gasteiger partial charge in [0.2, 0.25) is 0 Å². The maximum atomic E-state index is 11.9. The predicted octanol–water partition coefficient (Wildman–Crippen LogP) is 2.07. The number of hydrogen-bond acceptors (Lipinski definition) is 3. The first-order valence-electron chi connectivity index (χ1n) is 7.27. The number of carbonyl (C=O) groups is 1. The summed E-state index contributed by atoms with van der Waals surface area (Å²) in [6.07, 6.45) is 4.61. The summed E-state index contributed by atoms with van der Waals surface area (Å²) in [6.45, 7) is 1.28. The Balaban J connectivity index is 1.60. The van der Waals surface area contributed by atoms with E-state index in [2.05, 4.69) is 16.3 Å². The lowest BCUT2D eigenvalue weighted by atomic mass is 10.1. The first-order valence-corrected chi connectivity index (χ1v) is 7.27. The molecule has 1 amide bonds. The van der Waals surface area contributed by atoms with Crippen molar-refractivity contribution >= 4 is 5.91 Å². The number of nitrogens with one attached hydrogen (secondary N) is 1. The van der Waals surface area contributed by atoms with Gasteiger partial charge in [-0.05, 0) is 43.4 Å². The average molecular weight is 269 g/mol. The monoisotopic (exact) mass is 269 g/mol. The van der Waals surface area contributed by atoms with E-state index in [9.17, 15) is 4.79 Å². The molecule has 0 saturated heterocycles. The molecule has 104 valence electrons. The Morgan fingerprint density at radius 1 is 1.25 bits per heavy atom. The van der Waals surface area contributed by atoms with Crippen LogP contribution in [-0.4, -0.2) is 29.4 Å². The van der Waals surface area contributed by atoms with Crippen LogP contribution in [0.4, 0.5) is 0 Å². The van der Waals surface area contributed by atoms with Gasteiger partial charge in [-0.2, -0.15) is 5.26 Å². The summed E-state index contributed by atoms with van der Waals surface area (Å²) < 4.78 is 0. The Bertz CT molecular complexity index is 524. The Morgan fingerprint density at radius 3 is 2.50 bits per heavy atom. The molecule has 0 aliphatic heterocycles. The molecular formula is C16H19N3O. The molecule has 4 nitrogen and oxygen atoms in total. The second kappa shape index (κ2) is 5.64. The topological polar surface area (TPSA) is 56.1 Å². The van der Waals surface area contributed by atoms with Crippen LogP contribution >= 0.6 is 0 Å². The van der Waals surface area contributed by atoms with E-state index in [1.54, 1.807) is 0 Å². The molecule has 1 aromatic rings. The molecule has 0 spiro atoms. The maximum absolute atomic E-state index is 11.9. The Kier molecular flexibility index (Phi) is 3.70. The minimum absolute atomic E-state index is 0.0233.